The molecule has 0 heterocycles. The first-order chi connectivity index (χ1) is 5.65. The van der Waals surface area contributed by atoms with Crippen molar-refractivity contribution in [2.45, 2.75) is 4.90 Å². The number of carbonyl (C=O) groups is 1. The number of carboxylic acids is 1. The molecule has 3 nitrogen and oxygen atoms in total. The van der Waals surface area contributed by atoms with Crippen LogP contribution in [0.4, 0.5) is 4.39 Å². The van der Waals surface area contributed by atoms with Crippen LogP contribution in [-0.2, 0) is 0 Å². The standard InChI is InChI=1S/C7H6FNO2S/c8-6-2-1-4(12-9)3-5(6)7(10)11/h1-3H,9H2,(H,10,11). The van der Waals surface area contributed by atoms with Gasteiger partial charge in [0.05, 0.1) is 5.56 Å². The Balaban J connectivity index is 3.17. The van der Waals surface area contributed by atoms with Crippen LogP contribution in [0.1, 0.15) is 10.4 Å². The molecule has 5 heteroatoms. The van der Waals surface area contributed by atoms with Crippen LogP contribution in [0.3, 0.4) is 0 Å². The van der Waals surface area contributed by atoms with Gasteiger partial charge in [-0.05, 0) is 30.1 Å². The number of hydrogen-bond donors (Lipinski definition) is 2. The Morgan fingerprint density at radius 1 is 1.58 bits per heavy atom. The molecule has 0 aliphatic carbocycles. The van der Waals surface area contributed by atoms with E-state index in [0.717, 1.165) is 18.0 Å². The zero-order valence-corrected chi connectivity index (χ0v) is 6.77. The summed E-state index contributed by atoms with van der Waals surface area (Å²) >= 11 is 0.879. The molecule has 0 unspecified atom stereocenters. The van der Waals surface area contributed by atoms with E-state index in [0.29, 0.717) is 4.90 Å². The molecule has 1 rings (SSSR count). The molecule has 0 saturated heterocycles. The maximum absolute atomic E-state index is 12.7. The maximum atomic E-state index is 12.7. The second-order valence-corrected chi connectivity index (χ2v) is 2.77. The Morgan fingerprint density at radius 2 is 2.25 bits per heavy atom. The molecule has 0 fully saturated rings. The molecule has 0 bridgehead atoms. The third kappa shape index (κ3) is 1.75. The predicted molar refractivity (Wildman–Crippen MR) is 43.4 cm³/mol. The summed E-state index contributed by atoms with van der Waals surface area (Å²) in [5.41, 5.74) is -0.356. The van der Waals surface area contributed by atoms with Crippen molar-refractivity contribution < 1.29 is 14.3 Å². The zero-order valence-electron chi connectivity index (χ0n) is 5.95. The lowest BCUT2D eigenvalue weighted by Crippen LogP contribution is -2.00. The Kier molecular flexibility index (Phi) is 2.67. The molecule has 0 saturated carbocycles. The van der Waals surface area contributed by atoms with E-state index in [9.17, 15) is 9.18 Å². The number of aromatic carboxylic acids is 1. The van der Waals surface area contributed by atoms with E-state index in [1.54, 1.807) is 0 Å². The average molecular weight is 187 g/mol. The smallest absolute Gasteiger partial charge is 0.338 e. The van der Waals surface area contributed by atoms with Gasteiger partial charge in [0.1, 0.15) is 5.82 Å². The molecule has 3 N–H and O–H groups in total. The van der Waals surface area contributed by atoms with Crippen LogP contribution in [-0.4, -0.2) is 11.1 Å². The van der Waals surface area contributed by atoms with Crippen LogP contribution in [0.15, 0.2) is 23.1 Å². The number of nitrogens with two attached hydrogens (primary N) is 1. The highest BCUT2D eigenvalue weighted by molar-refractivity contribution is 7.97. The van der Waals surface area contributed by atoms with E-state index in [1.807, 2.05) is 0 Å². The minimum absolute atomic E-state index is 0.356. The van der Waals surface area contributed by atoms with E-state index in [4.69, 9.17) is 10.2 Å². The highest BCUT2D eigenvalue weighted by Crippen LogP contribution is 2.16. The van der Waals surface area contributed by atoms with Crippen LogP contribution in [0.25, 0.3) is 0 Å². The topological polar surface area (TPSA) is 63.3 Å². The summed E-state index contributed by atoms with van der Waals surface area (Å²) in [6, 6.07) is 3.70. The van der Waals surface area contributed by atoms with E-state index in [-0.39, 0.29) is 5.56 Å². The van der Waals surface area contributed by atoms with Crippen molar-refractivity contribution in [3.63, 3.8) is 0 Å². The third-order valence-corrected chi connectivity index (χ3v) is 1.83. The first-order valence-electron chi connectivity index (χ1n) is 3.04. The molecule has 0 radical (unpaired) electrons. The van der Waals surface area contributed by atoms with Crippen molar-refractivity contribution >= 4 is 17.9 Å². The largest absolute Gasteiger partial charge is 0.478 e. The van der Waals surface area contributed by atoms with Crippen molar-refractivity contribution in [1.82, 2.24) is 0 Å². The molecule has 0 aromatic heterocycles. The van der Waals surface area contributed by atoms with Gasteiger partial charge in [0.15, 0.2) is 0 Å². The fourth-order valence-electron chi connectivity index (χ4n) is 0.742. The van der Waals surface area contributed by atoms with E-state index >= 15 is 0 Å². The molecule has 1 aromatic carbocycles. The number of halogens is 1. The van der Waals surface area contributed by atoms with Gasteiger partial charge in [-0.3, -0.25) is 5.14 Å². The van der Waals surface area contributed by atoms with Crippen molar-refractivity contribution in [1.29, 1.82) is 0 Å². The molecule has 1 aromatic rings. The predicted octanol–water partition coefficient (Wildman–Crippen LogP) is 1.49. The molecule has 0 aliphatic rings. The van der Waals surface area contributed by atoms with Gasteiger partial charge in [-0.2, -0.15) is 0 Å². The molecule has 64 valence electrons. The van der Waals surface area contributed by atoms with Crippen LogP contribution in [0, 0.1) is 5.82 Å². The second-order valence-electron chi connectivity index (χ2n) is 2.06. The Labute approximate surface area is 72.5 Å². The summed E-state index contributed by atoms with van der Waals surface area (Å²) in [5, 5.41) is 13.7. The highest BCUT2D eigenvalue weighted by atomic mass is 32.2. The van der Waals surface area contributed by atoms with Crippen molar-refractivity contribution in [2.24, 2.45) is 5.14 Å². The van der Waals surface area contributed by atoms with Gasteiger partial charge in [0, 0.05) is 4.90 Å². The van der Waals surface area contributed by atoms with Gasteiger partial charge in [0.25, 0.3) is 0 Å². The SMILES string of the molecule is NSc1ccc(F)c(C(=O)O)c1. The quantitative estimate of drug-likeness (QED) is 0.688. The van der Waals surface area contributed by atoms with Gasteiger partial charge in [-0.1, -0.05) is 0 Å². The van der Waals surface area contributed by atoms with Gasteiger partial charge < -0.3 is 5.11 Å². The average Bonchev–Trinajstić information content (AvgIpc) is 2.05. The molecular weight excluding hydrogens is 181 g/mol. The van der Waals surface area contributed by atoms with Crippen LogP contribution < -0.4 is 5.14 Å². The molecule has 0 aliphatic heterocycles. The lowest BCUT2D eigenvalue weighted by molar-refractivity contribution is 0.0691. The van der Waals surface area contributed by atoms with Gasteiger partial charge in [0.2, 0.25) is 0 Å². The normalized spacial score (nSPS) is 9.83. The summed E-state index contributed by atoms with van der Waals surface area (Å²) in [5.74, 6) is -2.04. The first-order valence-corrected chi connectivity index (χ1v) is 3.92. The summed E-state index contributed by atoms with van der Waals surface area (Å²) < 4.78 is 12.7. The molecule has 0 spiro atoms. The summed E-state index contributed by atoms with van der Waals surface area (Å²) in [7, 11) is 0. The minimum Gasteiger partial charge on any atom is -0.478 e. The van der Waals surface area contributed by atoms with E-state index in [2.05, 4.69) is 0 Å². The summed E-state index contributed by atoms with van der Waals surface area (Å²) in [4.78, 5) is 10.9. The minimum atomic E-state index is -1.29. The van der Waals surface area contributed by atoms with E-state index in [1.165, 1.54) is 12.1 Å². The van der Waals surface area contributed by atoms with Crippen molar-refractivity contribution in [2.75, 3.05) is 0 Å². The Morgan fingerprint density at radius 3 is 2.75 bits per heavy atom. The number of benzene rings is 1. The van der Waals surface area contributed by atoms with Crippen LogP contribution in [0.5, 0.6) is 0 Å². The molecule has 0 atom stereocenters. The Bertz CT molecular complexity index is 316. The lowest BCUT2D eigenvalue weighted by Gasteiger charge is -1.99. The van der Waals surface area contributed by atoms with E-state index < -0.39 is 11.8 Å². The number of carboxylic acid groups (broad SMARTS) is 1. The first kappa shape index (κ1) is 9.02. The van der Waals surface area contributed by atoms with Crippen LogP contribution in [0.2, 0.25) is 0 Å². The monoisotopic (exact) mass is 187 g/mol. The van der Waals surface area contributed by atoms with Gasteiger partial charge >= 0.3 is 5.97 Å². The van der Waals surface area contributed by atoms with Crippen molar-refractivity contribution in [3.05, 3.63) is 29.6 Å². The van der Waals surface area contributed by atoms with Crippen LogP contribution >= 0.6 is 11.9 Å². The fraction of sp³-hybridized carbons (Fsp3) is 0. The fourth-order valence-corrected chi connectivity index (χ4v) is 1.07. The molecule has 12 heavy (non-hydrogen) atoms. The van der Waals surface area contributed by atoms with Gasteiger partial charge in [-0.25, -0.2) is 9.18 Å². The van der Waals surface area contributed by atoms with Crippen molar-refractivity contribution in [3.8, 4) is 0 Å². The number of rotatable bonds is 2. The summed E-state index contributed by atoms with van der Waals surface area (Å²) in [6.07, 6.45) is 0. The summed E-state index contributed by atoms with van der Waals surface area (Å²) in [6.45, 7) is 0. The maximum Gasteiger partial charge on any atom is 0.338 e. The lowest BCUT2D eigenvalue weighted by atomic mass is 10.2. The molecule has 0 amide bonds. The third-order valence-electron chi connectivity index (χ3n) is 1.30. The Hall–Kier alpha value is -1.07. The number of hydrogen-bond acceptors (Lipinski definition) is 3. The molecular formula is C7H6FNO2S. The highest BCUT2D eigenvalue weighted by Gasteiger charge is 2.09. The van der Waals surface area contributed by atoms with Gasteiger partial charge in [-0.15, -0.1) is 0 Å². The second kappa shape index (κ2) is 3.55. The zero-order chi connectivity index (χ0) is 9.14.